The van der Waals surface area contributed by atoms with E-state index in [0.29, 0.717) is 17.4 Å². The smallest absolute Gasteiger partial charge is 0.311 e. The molecule has 2 aromatic heterocycles. The number of ether oxygens (including phenoxy) is 1. The zero-order valence-electron chi connectivity index (χ0n) is 14.1. The first kappa shape index (κ1) is 17.8. The number of anilines is 1. The Kier molecular flexibility index (Phi) is 5.70. The lowest BCUT2D eigenvalue weighted by Crippen LogP contribution is -2.09. The molecule has 0 saturated carbocycles. The highest BCUT2D eigenvalue weighted by Gasteiger charge is 2.09. The van der Waals surface area contributed by atoms with E-state index in [1.165, 1.54) is 17.4 Å². The van der Waals surface area contributed by atoms with Gasteiger partial charge in [-0.1, -0.05) is 24.3 Å². The van der Waals surface area contributed by atoms with E-state index in [9.17, 15) is 9.59 Å². The van der Waals surface area contributed by atoms with Crippen molar-refractivity contribution < 1.29 is 14.3 Å². The van der Waals surface area contributed by atoms with Gasteiger partial charge < -0.3 is 4.74 Å². The third-order valence-electron chi connectivity index (χ3n) is 3.49. The molecule has 0 unspecified atom stereocenters. The molecule has 0 saturated heterocycles. The molecule has 1 N–H and O–H groups in total. The largest absolute Gasteiger partial charge is 0.466 e. The maximum atomic E-state index is 12.1. The van der Waals surface area contributed by atoms with Crippen LogP contribution in [0.4, 0.5) is 5.13 Å². The molecule has 0 aliphatic rings. The number of hydrogen-bond acceptors (Lipinski definition) is 6. The number of para-hydroxylation sites is 1. The van der Waals surface area contributed by atoms with Crippen LogP contribution in [-0.2, 0) is 20.7 Å². The Labute approximate surface area is 154 Å². The highest BCUT2D eigenvalue weighted by molar-refractivity contribution is 7.14. The van der Waals surface area contributed by atoms with Gasteiger partial charge in [0.2, 0.25) is 5.91 Å². The lowest BCUT2D eigenvalue weighted by molar-refractivity contribution is -0.142. The number of pyridine rings is 1. The summed E-state index contributed by atoms with van der Waals surface area (Å²) in [5.41, 5.74) is 2.27. The molecule has 0 aliphatic carbocycles. The van der Waals surface area contributed by atoms with E-state index >= 15 is 0 Å². The molecule has 6 nitrogen and oxygen atoms in total. The topological polar surface area (TPSA) is 81.2 Å². The first-order valence-corrected chi connectivity index (χ1v) is 8.96. The number of nitrogens with zero attached hydrogens (tertiary/aromatic N) is 2. The number of amides is 1. The van der Waals surface area contributed by atoms with Crippen LogP contribution in [-0.4, -0.2) is 28.5 Å². The van der Waals surface area contributed by atoms with Crippen molar-refractivity contribution in [1.29, 1.82) is 0 Å². The van der Waals surface area contributed by atoms with Gasteiger partial charge in [0.1, 0.15) is 0 Å². The third kappa shape index (κ3) is 4.52. The van der Waals surface area contributed by atoms with Gasteiger partial charge >= 0.3 is 5.97 Å². The van der Waals surface area contributed by atoms with Crippen LogP contribution in [0.1, 0.15) is 18.2 Å². The first-order chi connectivity index (χ1) is 12.7. The molecule has 1 aromatic carbocycles. The number of nitrogens with one attached hydrogen (secondary N) is 1. The summed E-state index contributed by atoms with van der Waals surface area (Å²) in [5, 5.41) is 5.87. The van der Waals surface area contributed by atoms with Gasteiger partial charge in [-0.25, -0.2) is 4.98 Å². The van der Waals surface area contributed by atoms with Crippen LogP contribution in [0.2, 0.25) is 0 Å². The molecule has 0 radical (unpaired) electrons. The van der Waals surface area contributed by atoms with Gasteiger partial charge in [0.15, 0.2) is 5.13 Å². The maximum absolute atomic E-state index is 12.1. The van der Waals surface area contributed by atoms with Crippen LogP contribution in [0.3, 0.4) is 0 Å². The van der Waals surface area contributed by atoms with E-state index in [0.717, 1.165) is 16.5 Å². The van der Waals surface area contributed by atoms with Crippen molar-refractivity contribution in [2.24, 2.45) is 0 Å². The number of aromatic nitrogens is 2. The molecule has 3 rings (SSSR count). The fraction of sp³-hybridized carbons (Fsp3) is 0.158. The minimum atomic E-state index is -0.334. The second-order valence-corrected chi connectivity index (χ2v) is 6.23. The molecule has 2 heterocycles. The molecule has 0 aliphatic heterocycles. The average Bonchev–Trinajstić information content (AvgIpc) is 3.06. The number of esters is 1. The lowest BCUT2D eigenvalue weighted by atomic mass is 10.1. The number of rotatable bonds is 6. The number of benzene rings is 1. The third-order valence-corrected chi connectivity index (χ3v) is 4.30. The second kappa shape index (κ2) is 8.35. The number of carbonyl (C=O) groups excluding carboxylic acids is 2. The monoisotopic (exact) mass is 367 g/mol. The summed E-state index contributed by atoms with van der Waals surface area (Å²) in [5.74, 6) is -0.631. The van der Waals surface area contributed by atoms with Gasteiger partial charge in [-0.15, -0.1) is 11.3 Å². The van der Waals surface area contributed by atoms with Crippen molar-refractivity contribution in [3.8, 4) is 0 Å². The summed E-state index contributed by atoms with van der Waals surface area (Å²) in [6.45, 7) is 2.09. The minimum Gasteiger partial charge on any atom is -0.466 e. The summed E-state index contributed by atoms with van der Waals surface area (Å²) in [4.78, 5) is 32.1. The van der Waals surface area contributed by atoms with E-state index in [4.69, 9.17) is 4.74 Å². The normalized spacial score (nSPS) is 11.0. The Morgan fingerprint density at radius 1 is 1.27 bits per heavy atom. The Balaban J connectivity index is 1.64. The molecule has 1 amide bonds. The fourth-order valence-electron chi connectivity index (χ4n) is 2.38. The molecule has 0 bridgehead atoms. The van der Waals surface area contributed by atoms with Crippen molar-refractivity contribution in [2.45, 2.75) is 13.3 Å². The van der Waals surface area contributed by atoms with Gasteiger partial charge in [-0.05, 0) is 19.1 Å². The van der Waals surface area contributed by atoms with Crippen LogP contribution in [0.25, 0.3) is 17.0 Å². The van der Waals surface area contributed by atoms with Gasteiger partial charge in [-0.3, -0.25) is 19.9 Å². The van der Waals surface area contributed by atoms with E-state index in [-0.39, 0.29) is 18.3 Å². The maximum Gasteiger partial charge on any atom is 0.311 e. The number of hydrogen-bond donors (Lipinski definition) is 1. The predicted octanol–water partition coefficient (Wildman–Crippen LogP) is 3.45. The van der Waals surface area contributed by atoms with Gasteiger partial charge in [0, 0.05) is 28.6 Å². The molecule has 132 valence electrons. The minimum absolute atomic E-state index is 0.0950. The lowest BCUT2D eigenvalue weighted by Gasteiger charge is -2.01. The van der Waals surface area contributed by atoms with Crippen molar-refractivity contribution >= 4 is 45.3 Å². The van der Waals surface area contributed by atoms with Crippen LogP contribution in [0.15, 0.2) is 48.0 Å². The second-order valence-electron chi connectivity index (χ2n) is 5.37. The van der Waals surface area contributed by atoms with Gasteiger partial charge in [-0.2, -0.15) is 0 Å². The summed E-state index contributed by atoms with van der Waals surface area (Å²) in [6.07, 6.45) is 4.98. The Morgan fingerprint density at radius 2 is 2.12 bits per heavy atom. The Bertz CT molecular complexity index is 960. The predicted molar refractivity (Wildman–Crippen MR) is 102 cm³/mol. The van der Waals surface area contributed by atoms with E-state index in [1.54, 1.807) is 24.6 Å². The van der Waals surface area contributed by atoms with Crippen molar-refractivity contribution in [3.63, 3.8) is 0 Å². The summed E-state index contributed by atoms with van der Waals surface area (Å²) in [6, 6.07) is 9.64. The van der Waals surface area contributed by atoms with E-state index in [2.05, 4.69) is 15.3 Å². The zero-order valence-corrected chi connectivity index (χ0v) is 15.0. The van der Waals surface area contributed by atoms with Crippen LogP contribution in [0, 0.1) is 0 Å². The van der Waals surface area contributed by atoms with Gasteiger partial charge in [0.05, 0.1) is 24.2 Å². The highest BCUT2D eigenvalue weighted by atomic mass is 32.1. The van der Waals surface area contributed by atoms with E-state index < -0.39 is 0 Å². The van der Waals surface area contributed by atoms with Crippen LogP contribution >= 0.6 is 11.3 Å². The van der Waals surface area contributed by atoms with Crippen molar-refractivity contribution in [2.75, 3.05) is 11.9 Å². The van der Waals surface area contributed by atoms with Crippen LogP contribution in [0.5, 0.6) is 0 Å². The van der Waals surface area contributed by atoms with Gasteiger partial charge in [0.25, 0.3) is 0 Å². The summed E-state index contributed by atoms with van der Waals surface area (Å²) in [7, 11) is 0. The molecule has 26 heavy (non-hydrogen) atoms. The molecule has 0 spiro atoms. The number of fused-ring (bicyclic) bond motifs is 1. The summed E-state index contributed by atoms with van der Waals surface area (Å²) < 4.78 is 4.88. The standard InChI is InChI=1S/C19H17N3O3S/c1-2-25-17(24)11-15-12-26-19(21-15)22-16(23)9-8-14-6-3-5-13-7-4-10-20-18(13)14/h3-10,12H,2,11H2,1H3,(H,21,22,23). The Hall–Kier alpha value is -3.06. The molecule has 0 atom stereocenters. The number of thiazole rings is 1. The number of carbonyl (C=O) groups is 2. The molecule has 7 heteroatoms. The van der Waals surface area contributed by atoms with E-state index in [1.807, 2.05) is 30.3 Å². The Morgan fingerprint density at radius 3 is 2.96 bits per heavy atom. The van der Waals surface area contributed by atoms with Crippen molar-refractivity contribution in [1.82, 2.24) is 9.97 Å². The van der Waals surface area contributed by atoms with Crippen LogP contribution < -0.4 is 5.32 Å². The average molecular weight is 367 g/mol. The SMILES string of the molecule is CCOC(=O)Cc1csc(NC(=O)C=Cc2cccc3cccnc23)n1. The molecular weight excluding hydrogens is 350 g/mol. The fourth-order valence-corrected chi connectivity index (χ4v) is 3.09. The summed E-state index contributed by atoms with van der Waals surface area (Å²) >= 11 is 1.27. The highest BCUT2D eigenvalue weighted by Crippen LogP contribution is 2.18. The molecule has 0 fully saturated rings. The van der Waals surface area contributed by atoms with Crippen molar-refractivity contribution in [3.05, 3.63) is 59.2 Å². The molecular formula is C19H17N3O3S. The molecule has 3 aromatic rings. The zero-order chi connectivity index (χ0) is 18.4. The first-order valence-electron chi connectivity index (χ1n) is 8.08. The quantitative estimate of drug-likeness (QED) is 0.533.